The lowest BCUT2D eigenvalue weighted by Crippen LogP contribution is -2.45. The number of rotatable bonds is 8. The van der Waals surface area contributed by atoms with Crippen LogP contribution in [-0.4, -0.2) is 57.3 Å². The Bertz CT molecular complexity index is 1310. The van der Waals surface area contributed by atoms with Gasteiger partial charge in [-0.25, -0.2) is 9.97 Å². The number of hydrogen-bond donors (Lipinski definition) is 0. The van der Waals surface area contributed by atoms with E-state index >= 15 is 0 Å². The first-order chi connectivity index (χ1) is 17.2. The van der Waals surface area contributed by atoms with Crippen LogP contribution in [0.2, 0.25) is 0 Å². The summed E-state index contributed by atoms with van der Waals surface area (Å²) in [7, 11) is 0. The van der Waals surface area contributed by atoms with Crippen LogP contribution in [0.25, 0.3) is 10.2 Å². The number of aromatic nitrogens is 3. The summed E-state index contributed by atoms with van der Waals surface area (Å²) < 4.78 is 6.88. The third-order valence-corrected chi connectivity index (χ3v) is 7.09. The number of hydrogen-bond acceptors (Lipinski definition) is 8. The van der Waals surface area contributed by atoms with E-state index in [1.807, 2.05) is 41.3 Å². The molecule has 1 amide bonds. The number of ether oxygens (including phenoxy) is 1. The Morgan fingerprint density at radius 3 is 2.54 bits per heavy atom. The van der Waals surface area contributed by atoms with E-state index in [1.54, 1.807) is 12.3 Å². The van der Waals surface area contributed by atoms with Crippen LogP contribution in [0.5, 0.6) is 6.01 Å². The number of thiazole rings is 1. The molecule has 1 aliphatic heterocycles. The smallest absolute Gasteiger partial charge is 0.316 e. The molecule has 5 rings (SSSR count). The largest absolute Gasteiger partial charge is 0.459 e. The van der Waals surface area contributed by atoms with Crippen LogP contribution in [-0.2, 0) is 17.9 Å². The quantitative estimate of drug-likeness (QED) is 0.353. The molecule has 1 saturated heterocycles. The first kappa shape index (κ1) is 22.9. The molecule has 8 nitrogen and oxygen atoms in total. The Labute approximate surface area is 207 Å². The third-order valence-electron chi connectivity index (χ3n) is 5.99. The van der Waals surface area contributed by atoms with Crippen molar-refractivity contribution >= 4 is 28.0 Å². The fourth-order valence-corrected chi connectivity index (χ4v) is 5.04. The molecule has 0 radical (unpaired) electrons. The molecule has 1 aliphatic rings. The van der Waals surface area contributed by atoms with Crippen LogP contribution in [0.3, 0.4) is 0 Å². The van der Waals surface area contributed by atoms with Gasteiger partial charge in [0.1, 0.15) is 17.5 Å². The second-order valence-electron chi connectivity index (χ2n) is 8.37. The first-order valence-corrected chi connectivity index (χ1v) is 12.2. The van der Waals surface area contributed by atoms with Gasteiger partial charge in [0, 0.05) is 38.9 Å². The molecule has 0 aliphatic carbocycles. The minimum absolute atomic E-state index is 0.237. The molecule has 1 atom stereocenters. The molecule has 3 heterocycles. The molecule has 1 unspecified atom stereocenters. The van der Waals surface area contributed by atoms with Gasteiger partial charge >= 0.3 is 6.01 Å². The van der Waals surface area contributed by atoms with Crippen LogP contribution < -0.4 is 4.74 Å². The topological polar surface area (TPSA) is 95.2 Å². The van der Waals surface area contributed by atoms with Crippen molar-refractivity contribution in [3.05, 3.63) is 82.6 Å². The first-order valence-electron chi connectivity index (χ1n) is 11.4. The van der Waals surface area contributed by atoms with Crippen LogP contribution in [0, 0.1) is 11.3 Å². The van der Waals surface area contributed by atoms with Gasteiger partial charge in [-0.05, 0) is 29.3 Å². The SMILES string of the molecule is N#CC(c1ccnc(OCc2ccc(CN3CCN(C=O)CC3)cc2)n1)c1nc2ccccc2s1. The van der Waals surface area contributed by atoms with Gasteiger partial charge in [0.15, 0.2) is 0 Å². The molecule has 0 N–H and O–H groups in total. The number of amides is 1. The van der Waals surface area contributed by atoms with E-state index in [4.69, 9.17) is 4.74 Å². The minimum Gasteiger partial charge on any atom is -0.459 e. The maximum atomic E-state index is 10.9. The van der Waals surface area contributed by atoms with Crippen LogP contribution in [0.15, 0.2) is 60.8 Å². The van der Waals surface area contributed by atoms with Gasteiger partial charge in [-0.2, -0.15) is 10.2 Å². The Morgan fingerprint density at radius 2 is 1.80 bits per heavy atom. The highest BCUT2D eigenvalue weighted by molar-refractivity contribution is 7.18. The molecule has 35 heavy (non-hydrogen) atoms. The van der Waals surface area contributed by atoms with Crippen molar-refractivity contribution in [3.63, 3.8) is 0 Å². The van der Waals surface area contributed by atoms with Gasteiger partial charge in [-0.3, -0.25) is 9.69 Å². The zero-order chi connectivity index (χ0) is 24.0. The Hall–Kier alpha value is -3.87. The van der Waals surface area contributed by atoms with Gasteiger partial charge in [0.2, 0.25) is 6.41 Å². The van der Waals surface area contributed by atoms with Crippen molar-refractivity contribution < 1.29 is 9.53 Å². The van der Waals surface area contributed by atoms with Crippen LogP contribution >= 0.6 is 11.3 Å². The molecule has 2 aromatic heterocycles. The monoisotopic (exact) mass is 484 g/mol. The number of para-hydroxylation sites is 1. The van der Waals surface area contributed by atoms with Crippen molar-refractivity contribution in [1.29, 1.82) is 5.26 Å². The van der Waals surface area contributed by atoms with E-state index in [0.29, 0.717) is 17.3 Å². The van der Waals surface area contributed by atoms with Gasteiger partial charge in [0.25, 0.3) is 0 Å². The van der Waals surface area contributed by atoms with Crippen molar-refractivity contribution in [1.82, 2.24) is 24.8 Å². The van der Waals surface area contributed by atoms with E-state index < -0.39 is 5.92 Å². The van der Waals surface area contributed by atoms with Gasteiger partial charge in [-0.15, -0.1) is 11.3 Å². The summed E-state index contributed by atoms with van der Waals surface area (Å²) in [6.07, 6.45) is 2.54. The zero-order valence-electron chi connectivity index (χ0n) is 19.1. The number of fused-ring (bicyclic) bond motifs is 1. The zero-order valence-corrected chi connectivity index (χ0v) is 19.9. The molecule has 1 fully saturated rings. The summed E-state index contributed by atoms with van der Waals surface area (Å²) in [5.74, 6) is -0.578. The molecular formula is C26H24N6O2S. The second-order valence-corrected chi connectivity index (χ2v) is 9.43. The summed E-state index contributed by atoms with van der Waals surface area (Å²) in [5, 5.41) is 10.5. The Kier molecular flexibility index (Phi) is 6.93. The summed E-state index contributed by atoms with van der Waals surface area (Å²) in [4.78, 5) is 28.3. The fourth-order valence-electron chi connectivity index (χ4n) is 4.02. The highest BCUT2D eigenvalue weighted by Crippen LogP contribution is 2.31. The molecule has 0 saturated carbocycles. The van der Waals surface area contributed by atoms with E-state index in [0.717, 1.165) is 54.9 Å². The van der Waals surface area contributed by atoms with Crippen molar-refractivity contribution in [2.45, 2.75) is 19.1 Å². The van der Waals surface area contributed by atoms with Gasteiger partial charge < -0.3 is 9.64 Å². The normalized spacial score (nSPS) is 15.0. The van der Waals surface area contributed by atoms with E-state index in [1.165, 1.54) is 16.9 Å². The number of piperazine rings is 1. The molecule has 2 aromatic carbocycles. The van der Waals surface area contributed by atoms with Gasteiger partial charge in [0.05, 0.1) is 22.0 Å². The Morgan fingerprint density at radius 1 is 1.03 bits per heavy atom. The summed E-state index contributed by atoms with van der Waals surface area (Å²) >= 11 is 1.50. The van der Waals surface area contributed by atoms with Crippen molar-refractivity contribution in [2.24, 2.45) is 0 Å². The van der Waals surface area contributed by atoms with E-state index in [-0.39, 0.29) is 6.01 Å². The van der Waals surface area contributed by atoms with E-state index in [9.17, 15) is 10.1 Å². The molecule has 0 spiro atoms. The number of nitriles is 1. The minimum atomic E-state index is -0.578. The standard InChI is InChI=1S/C26H24N6O2S/c27-15-21(25-29-23-3-1-2-4-24(23)35-25)22-9-10-28-26(30-22)34-17-20-7-5-19(6-8-20)16-31-11-13-32(18-33)14-12-31/h1-10,18,21H,11-14,16-17H2. The van der Waals surface area contributed by atoms with Crippen molar-refractivity contribution in [2.75, 3.05) is 26.2 Å². The van der Waals surface area contributed by atoms with Crippen LogP contribution in [0.4, 0.5) is 0 Å². The number of carbonyl (C=O) groups is 1. The molecule has 176 valence electrons. The maximum Gasteiger partial charge on any atom is 0.316 e. The number of nitrogens with zero attached hydrogens (tertiary/aromatic N) is 6. The predicted octanol–water partition coefficient (Wildman–Crippen LogP) is 3.59. The average Bonchev–Trinajstić information content (AvgIpc) is 3.33. The molecular weight excluding hydrogens is 460 g/mol. The predicted molar refractivity (Wildman–Crippen MR) is 133 cm³/mol. The molecule has 0 bridgehead atoms. The average molecular weight is 485 g/mol. The maximum absolute atomic E-state index is 10.9. The highest BCUT2D eigenvalue weighted by Gasteiger charge is 2.20. The lowest BCUT2D eigenvalue weighted by Gasteiger charge is -2.32. The number of carbonyl (C=O) groups excluding carboxylic acids is 1. The number of benzene rings is 2. The summed E-state index contributed by atoms with van der Waals surface area (Å²) in [6, 6.07) is 20.4. The summed E-state index contributed by atoms with van der Waals surface area (Å²) in [5.41, 5.74) is 3.68. The third kappa shape index (κ3) is 5.45. The van der Waals surface area contributed by atoms with E-state index in [2.05, 4.69) is 38.1 Å². The second kappa shape index (κ2) is 10.6. The Balaban J connectivity index is 1.20. The lowest BCUT2D eigenvalue weighted by molar-refractivity contribution is -0.119. The van der Waals surface area contributed by atoms with Gasteiger partial charge in [-0.1, -0.05) is 36.4 Å². The molecule has 9 heteroatoms. The molecule has 4 aromatic rings. The van der Waals surface area contributed by atoms with Crippen molar-refractivity contribution in [3.8, 4) is 12.1 Å². The summed E-state index contributed by atoms with van der Waals surface area (Å²) in [6.45, 7) is 4.52. The van der Waals surface area contributed by atoms with Crippen LogP contribution in [0.1, 0.15) is 27.7 Å². The fraction of sp³-hybridized carbons (Fsp3) is 0.269. The highest BCUT2D eigenvalue weighted by atomic mass is 32.1. The lowest BCUT2D eigenvalue weighted by atomic mass is 10.1.